The summed E-state index contributed by atoms with van der Waals surface area (Å²) in [5.74, 6) is 1.93. The summed E-state index contributed by atoms with van der Waals surface area (Å²) < 4.78 is 0. The first-order chi connectivity index (χ1) is 7.25. The predicted molar refractivity (Wildman–Crippen MR) is 65.0 cm³/mol. The van der Waals surface area contributed by atoms with Gasteiger partial charge in [-0.05, 0) is 64.5 Å². The van der Waals surface area contributed by atoms with E-state index in [1.807, 2.05) is 0 Å². The monoisotopic (exact) mass is 210 g/mol. The molecule has 1 atom stereocenters. The minimum absolute atomic E-state index is 0.729. The molecule has 2 aliphatic rings. The van der Waals surface area contributed by atoms with Crippen LogP contribution in [-0.2, 0) is 0 Å². The van der Waals surface area contributed by atoms with Gasteiger partial charge in [0.25, 0.3) is 0 Å². The van der Waals surface area contributed by atoms with Gasteiger partial charge in [-0.25, -0.2) is 0 Å². The molecule has 0 bridgehead atoms. The molecule has 1 heterocycles. The van der Waals surface area contributed by atoms with Gasteiger partial charge in [0.05, 0.1) is 0 Å². The molecule has 15 heavy (non-hydrogen) atoms. The van der Waals surface area contributed by atoms with E-state index in [0.717, 1.165) is 17.9 Å². The second-order valence-corrected chi connectivity index (χ2v) is 5.70. The third-order valence-corrected chi connectivity index (χ3v) is 3.81. The minimum atomic E-state index is 0.729. The Morgan fingerprint density at radius 3 is 2.40 bits per heavy atom. The molecule has 2 heteroatoms. The number of hydrogen-bond acceptors (Lipinski definition) is 2. The standard InChI is InChI=1S/C13H26N2/c1-11(2)15(9-12-5-6-12)10-13-4-3-7-14-8-13/h11-14H,3-10H2,1-2H3. The van der Waals surface area contributed by atoms with Crippen LogP contribution >= 0.6 is 0 Å². The zero-order valence-corrected chi connectivity index (χ0v) is 10.3. The largest absolute Gasteiger partial charge is 0.316 e. The quantitative estimate of drug-likeness (QED) is 0.747. The Hall–Kier alpha value is -0.0800. The summed E-state index contributed by atoms with van der Waals surface area (Å²) in [6, 6.07) is 0.729. The normalized spacial score (nSPS) is 27.6. The highest BCUT2D eigenvalue weighted by molar-refractivity contribution is 4.81. The molecule has 2 fully saturated rings. The Balaban J connectivity index is 1.75. The maximum Gasteiger partial charge on any atom is 0.00388 e. The van der Waals surface area contributed by atoms with E-state index in [1.54, 1.807) is 0 Å². The zero-order chi connectivity index (χ0) is 10.7. The number of piperidine rings is 1. The van der Waals surface area contributed by atoms with E-state index in [1.165, 1.54) is 51.9 Å². The Morgan fingerprint density at radius 2 is 1.87 bits per heavy atom. The molecule has 0 aromatic heterocycles. The van der Waals surface area contributed by atoms with Gasteiger partial charge in [0, 0.05) is 19.1 Å². The van der Waals surface area contributed by atoms with Crippen LogP contribution < -0.4 is 5.32 Å². The predicted octanol–water partition coefficient (Wildman–Crippen LogP) is 2.11. The lowest BCUT2D eigenvalue weighted by Gasteiger charge is -2.32. The highest BCUT2D eigenvalue weighted by atomic mass is 15.2. The van der Waals surface area contributed by atoms with Crippen molar-refractivity contribution in [3.05, 3.63) is 0 Å². The third kappa shape index (κ3) is 3.76. The highest BCUT2D eigenvalue weighted by Crippen LogP contribution is 2.30. The van der Waals surface area contributed by atoms with E-state index in [9.17, 15) is 0 Å². The Labute approximate surface area is 94.4 Å². The van der Waals surface area contributed by atoms with Crippen LogP contribution in [0, 0.1) is 11.8 Å². The van der Waals surface area contributed by atoms with Gasteiger partial charge in [-0.15, -0.1) is 0 Å². The topological polar surface area (TPSA) is 15.3 Å². The number of nitrogens with one attached hydrogen (secondary N) is 1. The molecule has 1 aliphatic heterocycles. The first kappa shape index (κ1) is 11.4. The second-order valence-electron chi connectivity index (χ2n) is 5.70. The molecular formula is C13H26N2. The number of nitrogens with zero attached hydrogens (tertiary/aromatic N) is 1. The van der Waals surface area contributed by atoms with Crippen LogP contribution in [0.1, 0.15) is 39.5 Å². The lowest BCUT2D eigenvalue weighted by atomic mass is 9.98. The van der Waals surface area contributed by atoms with Crippen LogP contribution in [0.4, 0.5) is 0 Å². The fourth-order valence-electron chi connectivity index (χ4n) is 2.54. The van der Waals surface area contributed by atoms with Gasteiger partial charge < -0.3 is 10.2 Å². The molecule has 0 aromatic carbocycles. The van der Waals surface area contributed by atoms with E-state index in [4.69, 9.17) is 0 Å². The van der Waals surface area contributed by atoms with Crippen LogP contribution in [0.3, 0.4) is 0 Å². The highest BCUT2D eigenvalue weighted by Gasteiger charge is 2.27. The average Bonchev–Trinajstić information content (AvgIpc) is 3.02. The first-order valence-electron chi connectivity index (χ1n) is 6.70. The van der Waals surface area contributed by atoms with Crippen molar-refractivity contribution in [2.45, 2.75) is 45.6 Å². The maximum atomic E-state index is 3.52. The Bertz CT molecular complexity index is 181. The van der Waals surface area contributed by atoms with Gasteiger partial charge in [-0.1, -0.05) is 0 Å². The van der Waals surface area contributed by atoms with Crippen molar-refractivity contribution in [3.8, 4) is 0 Å². The van der Waals surface area contributed by atoms with Crippen molar-refractivity contribution in [2.24, 2.45) is 11.8 Å². The van der Waals surface area contributed by atoms with Crippen molar-refractivity contribution in [2.75, 3.05) is 26.2 Å². The summed E-state index contributed by atoms with van der Waals surface area (Å²) in [5, 5.41) is 3.52. The maximum absolute atomic E-state index is 3.52. The van der Waals surface area contributed by atoms with Gasteiger partial charge in [0.1, 0.15) is 0 Å². The smallest absolute Gasteiger partial charge is 0.00388 e. The Kier molecular flexibility index (Phi) is 4.04. The van der Waals surface area contributed by atoms with Gasteiger partial charge in [-0.3, -0.25) is 0 Å². The van der Waals surface area contributed by atoms with Crippen LogP contribution in [0.25, 0.3) is 0 Å². The lowest BCUT2D eigenvalue weighted by molar-refractivity contribution is 0.165. The minimum Gasteiger partial charge on any atom is -0.316 e. The van der Waals surface area contributed by atoms with Crippen LogP contribution in [0.2, 0.25) is 0 Å². The molecule has 1 saturated carbocycles. The molecule has 0 amide bonds. The number of hydrogen-bond donors (Lipinski definition) is 1. The van der Waals surface area contributed by atoms with E-state index < -0.39 is 0 Å². The van der Waals surface area contributed by atoms with Crippen molar-refractivity contribution >= 4 is 0 Å². The summed E-state index contributed by atoms with van der Waals surface area (Å²) in [6.45, 7) is 9.85. The van der Waals surface area contributed by atoms with E-state index >= 15 is 0 Å². The fraction of sp³-hybridized carbons (Fsp3) is 1.00. The number of rotatable bonds is 5. The SMILES string of the molecule is CC(C)N(CC1CC1)CC1CCCNC1. The van der Waals surface area contributed by atoms with E-state index in [-0.39, 0.29) is 0 Å². The summed E-state index contributed by atoms with van der Waals surface area (Å²) in [7, 11) is 0. The van der Waals surface area contributed by atoms with Crippen molar-refractivity contribution < 1.29 is 0 Å². The summed E-state index contributed by atoms with van der Waals surface area (Å²) >= 11 is 0. The first-order valence-corrected chi connectivity index (χ1v) is 6.70. The third-order valence-electron chi connectivity index (χ3n) is 3.81. The van der Waals surface area contributed by atoms with Crippen molar-refractivity contribution in [1.29, 1.82) is 0 Å². The lowest BCUT2D eigenvalue weighted by Crippen LogP contribution is -2.42. The van der Waals surface area contributed by atoms with Crippen LogP contribution in [0.15, 0.2) is 0 Å². The Morgan fingerprint density at radius 1 is 1.13 bits per heavy atom. The summed E-state index contributed by atoms with van der Waals surface area (Å²) in [6.07, 6.45) is 5.76. The van der Waals surface area contributed by atoms with Crippen LogP contribution in [0.5, 0.6) is 0 Å². The average molecular weight is 210 g/mol. The van der Waals surface area contributed by atoms with Gasteiger partial charge in [-0.2, -0.15) is 0 Å². The molecule has 88 valence electrons. The molecule has 0 spiro atoms. The van der Waals surface area contributed by atoms with Gasteiger partial charge in [0.15, 0.2) is 0 Å². The molecule has 0 radical (unpaired) electrons. The fourth-order valence-corrected chi connectivity index (χ4v) is 2.54. The van der Waals surface area contributed by atoms with Gasteiger partial charge in [0.2, 0.25) is 0 Å². The van der Waals surface area contributed by atoms with Gasteiger partial charge >= 0.3 is 0 Å². The van der Waals surface area contributed by atoms with Crippen molar-refractivity contribution in [1.82, 2.24) is 10.2 Å². The van der Waals surface area contributed by atoms with E-state index in [0.29, 0.717) is 0 Å². The summed E-state index contributed by atoms with van der Waals surface area (Å²) in [4.78, 5) is 2.70. The van der Waals surface area contributed by atoms with E-state index in [2.05, 4.69) is 24.1 Å². The van der Waals surface area contributed by atoms with Crippen molar-refractivity contribution in [3.63, 3.8) is 0 Å². The molecule has 2 rings (SSSR count). The molecule has 1 N–H and O–H groups in total. The molecule has 1 aliphatic carbocycles. The van der Waals surface area contributed by atoms with Crippen LogP contribution in [-0.4, -0.2) is 37.1 Å². The molecule has 2 nitrogen and oxygen atoms in total. The molecular weight excluding hydrogens is 184 g/mol. The second kappa shape index (κ2) is 5.31. The summed E-state index contributed by atoms with van der Waals surface area (Å²) in [5.41, 5.74) is 0. The molecule has 0 aromatic rings. The zero-order valence-electron chi connectivity index (χ0n) is 10.3. The molecule has 1 saturated heterocycles. The molecule has 1 unspecified atom stereocenters.